The normalized spacial score (nSPS) is 28.1. The Morgan fingerprint density at radius 2 is 1.52 bits per heavy atom. The van der Waals surface area contributed by atoms with Gasteiger partial charge in [-0.25, -0.2) is 19.2 Å². The van der Waals surface area contributed by atoms with Gasteiger partial charge in [-0.3, -0.25) is 14.4 Å². The zero-order chi connectivity index (χ0) is 58.5. The first kappa shape index (κ1) is 64.0. The predicted molar refractivity (Wildman–Crippen MR) is 292 cm³/mol. The van der Waals surface area contributed by atoms with Crippen LogP contribution in [0.4, 0.5) is 9.59 Å². The van der Waals surface area contributed by atoms with Gasteiger partial charge in [0.05, 0.1) is 42.8 Å². The molecule has 5 rings (SSSR count). The van der Waals surface area contributed by atoms with E-state index in [0.29, 0.717) is 12.8 Å². The van der Waals surface area contributed by atoms with E-state index in [1.54, 1.807) is 52.8 Å². The second kappa shape index (κ2) is 27.5. The zero-order valence-electron chi connectivity index (χ0n) is 48.5. The number of fused-ring (bicyclic) bond motifs is 5. The summed E-state index contributed by atoms with van der Waals surface area (Å²) in [6.45, 7) is 17.6. The Bertz CT molecular complexity index is 2440. The van der Waals surface area contributed by atoms with Crippen LogP contribution < -0.4 is 5.32 Å². The largest absolute Gasteiger partial charge is 0.509 e. The quantitative estimate of drug-likeness (QED) is 0.0377. The molecule has 3 fully saturated rings. The van der Waals surface area contributed by atoms with Crippen molar-refractivity contribution in [1.82, 2.24) is 5.32 Å². The first-order chi connectivity index (χ1) is 37.2. The van der Waals surface area contributed by atoms with Crippen LogP contribution in [0.15, 0.2) is 77.9 Å². The fraction of sp³-hybridized carbons (Fsp3) is 0.656. The van der Waals surface area contributed by atoms with Gasteiger partial charge in [0.1, 0.15) is 29.5 Å². The number of Topliss-reactive ketones (excluding diaryl/α,β-unsaturated/α-hetero) is 1. The molecule has 1 saturated heterocycles. The number of ketones is 1. The first-order valence-electron chi connectivity index (χ1n) is 28.0. The highest BCUT2D eigenvalue weighted by Crippen LogP contribution is 2.64. The van der Waals surface area contributed by atoms with Crippen LogP contribution in [-0.2, 0) is 57.1 Å². The molecule has 11 atom stereocenters. The monoisotopic (exact) mass is 1110 g/mol. The van der Waals surface area contributed by atoms with Gasteiger partial charge in [-0.2, -0.15) is 0 Å². The number of hydrogen-bond acceptors (Lipinski definition) is 17. The number of aliphatic hydroxyl groups excluding tert-OH is 1. The highest BCUT2D eigenvalue weighted by molar-refractivity contribution is 5.95. The number of alkyl carbamates (subject to hydrolysis) is 1. The van der Waals surface area contributed by atoms with E-state index in [-0.39, 0.29) is 48.5 Å². The van der Waals surface area contributed by atoms with Crippen molar-refractivity contribution in [2.45, 2.75) is 219 Å². The fourth-order valence-electron chi connectivity index (χ4n) is 11.8. The van der Waals surface area contributed by atoms with Gasteiger partial charge in [-0.15, -0.1) is 0 Å². The lowest BCUT2D eigenvalue weighted by atomic mass is 9.44. The standard InChI is InChI=1S/C61H87NO17/c1-13-14-15-16-17-18-19-20-21-22-23-24-25-26-30-33-46(65)75-48(42(34-38(2)3)62-55(69)79-57(6,7)8)54(68)74-43-36-61(71)52(77-53(67)41-31-28-27-29-32-41)50-59(11,44(64)35-45-60(50,37-73-45)78-40(5)63)51(66)49(76-56(70)72-12)47(39(43)4)58(61,9)10/h15-16,18-19,21-22,27-29,31-32,38,42-45,48-50,52,64,71H,13-14,17,20,23-26,30,33-37H2,1-12H3,(H,62,69)/b16-15-,19-18-,22-21-/t42-,43-,44-,45+,48+,49+,50?,52?,59+,60-,61+/m0/s1. The number of allylic oxidation sites excluding steroid dienone is 6. The van der Waals surface area contributed by atoms with Crippen LogP contribution in [0.5, 0.6) is 0 Å². The summed E-state index contributed by atoms with van der Waals surface area (Å²) in [5.41, 5.74) is -9.05. The van der Waals surface area contributed by atoms with Crippen LogP contribution in [0.3, 0.4) is 0 Å². The summed E-state index contributed by atoms with van der Waals surface area (Å²) in [7, 11) is 1.03. The third-order valence-corrected chi connectivity index (χ3v) is 15.8. The van der Waals surface area contributed by atoms with Crippen LogP contribution in [0.25, 0.3) is 0 Å². The van der Waals surface area contributed by atoms with Crippen molar-refractivity contribution in [3.05, 3.63) is 83.5 Å². The van der Waals surface area contributed by atoms with Crippen LogP contribution in [-0.4, -0.2) is 125 Å². The molecule has 0 radical (unpaired) electrons. The SMILES string of the molecule is CCC/C=C\C/C=C\C/C=C\CCCCCCC(=O)O[C@@H](C(=O)O[C@H]1C[C@@]2(O)C(OC(=O)c3ccccc3)C3[C@](C)(C(=O)[C@H](OC(=O)OC)C(=C1C)C2(C)C)[C@@H](O)C[C@H]1OC[C@@]31OC(C)=O)[C@H](CC(C)C)NC(=O)OC(C)(C)C. The van der Waals surface area contributed by atoms with Gasteiger partial charge in [0, 0.05) is 31.6 Å². The molecule has 1 aliphatic heterocycles. The van der Waals surface area contributed by atoms with Crippen LogP contribution in [0.2, 0.25) is 0 Å². The number of carbonyl (C=O) groups is 7. The Morgan fingerprint density at radius 1 is 0.886 bits per heavy atom. The van der Waals surface area contributed by atoms with E-state index in [0.717, 1.165) is 59.0 Å². The molecule has 18 heteroatoms. The third kappa shape index (κ3) is 15.1. The summed E-state index contributed by atoms with van der Waals surface area (Å²) in [6.07, 6.45) is 7.75. The van der Waals surface area contributed by atoms with E-state index < -0.39 is 125 Å². The molecule has 0 aromatic heterocycles. The molecule has 2 saturated carbocycles. The lowest BCUT2D eigenvalue weighted by Crippen LogP contribution is -2.82. The molecule has 4 aliphatic rings. The summed E-state index contributed by atoms with van der Waals surface area (Å²) in [5, 5.41) is 29.0. The second-order valence-electron chi connectivity index (χ2n) is 23.6. The molecular weight excluding hydrogens is 1020 g/mol. The number of hydrogen-bond donors (Lipinski definition) is 3. The third-order valence-electron chi connectivity index (χ3n) is 15.8. The number of nitrogens with one attached hydrogen (secondary N) is 1. The molecule has 2 unspecified atom stereocenters. The molecular formula is C61H87NO17. The average molecular weight is 1110 g/mol. The van der Waals surface area contributed by atoms with E-state index >= 15 is 9.59 Å². The molecule has 1 amide bonds. The Balaban J connectivity index is 1.55. The summed E-state index contributed by atoms with van der Waals surface area (Å²) in [4.78, 5) is 99.5. The number of esters is 4. The van der Waals surface area contributed by atoms with Crippen molar-refractivity contribution in [3.8, 4) is 0 Å². The average Bonchev–Trinajstić information content (AvgIpc) is 2.69. The van der Waals surface area contributed by atoms with E-state index in [9.17, 15) is 34.2 Å². The van der Waals surface area contributed by atoms with E-state index in [2.05, 4.69) is 48.7 Å². The van der Waals surface area contributed by atoms with Gasteiger partial charge in [-0.05, 0) is 109 Å². The predicted octanol–water partition coefficient (Wildman–Crippen LogP) is 9.86. The van der Waals surface area contributed by atoms with Crippen molar-refractivity contribution >= 4 is 41.9 Å². The number of carbonyl (C=O) groups excluding carboxylic acids is 7. The highest BCUT2D eigenvalue weighted by Gasteiger charge is 2.78. The molecule has 438 valence electrons. The van der Waals surface area contributed by atoms with Crippen molar-refractivity contribution < 1.29 is 81.7 Å². The Labute approximate surface area is 466 Å². The Morgan fingerprint density at radius 3 is 2.10 bits per heavy atom. The number of amides is 1. The van der Waals surface area contributed by atoms with E-state index in [4.69, 9.17) is 37.9 Å². The minimum atomic E-state index is -2.47. The van der Waals surface area contributed by atoms with Crippen LogP contribution in [0, 0.1) is 22.7 Å². The maximum atomic E-state index is 15.8. The molecule has 1 aromatic rings. The molecule has 3 aliphatic carbocycles. The lowest BCUT2D eigenvalue weighted by molar-refractivity contribution is -0.346. The molecule has 18 nitrogen and oxygen atoms in total. The first-order valence-corrected chi connectivity index (χ1v) is 28.0. The summed E-state index contributed by atoms with van der Waals surface area (Å²) in [5.74, 6) is -6.39. The second-order valence-corrected chi connectivity index (χ2v) is 23.6. The Hall–Kier alpha value is -5.85. The minimum Gasteiger partial charge on any atom is -0.455 e. The number of unbranched alkanes of at least 4 members (excludes halogenated alkanes) is 5. The minimum absolute atomic E-state index is 0.0481. The molecule has 1 aromatic carbocycles. The summed E-state index contributed by atoms with van der Waals surface area (Å²) < 4.78 is 47.4. The van der Waals surface area contributed by atoms with Crippen LogP contribution in [0.1, 0.15) is 170 Å². The lowest BCUT2D eigenvalue weighted by Gasteiger charge is -2.67. The summed E-state index contributed by atoms with van der Waals surface area (Å²) in [6, 6.07) is 6.62. The number of rotatable bonds is 24. The number of ether oxygens (including phenoxy) is 8. The van der Waals surface area contributed by atoms with Crippen LogP contribution >= 0.6 is 0 Å². The summed E-state index contributed by atoms with van der Waals surface area (Å²) >= 11 is 0. The van der Waals surface area contributed by atoms with Gasteiger partial charge in [0.2, 0.25) is 6.10 Å². The number of methoxy groups -OCH3 is 1. The maximum Gasteiger partial charge on any atom is 0.509 e. The van der Waals surface area contributed by atoms with Gasteiger partial charge < -0.3 is 53.4 Å². The topological polar surface area (TPSA) is 246 Å². The Kier molecular flexibility index (Phi) is 22.3. The van der Waals surface area contributed by atoms with Gasteiger partial charge in [0.15, 0.2) is 17.5 Å². The van der Waals surface area contributed by atoms with E-state index in [1.807, 2.05) is 13.8 Å². The van der Waals surface area contributed by atoms with Crippen molar-refractivity contribution in [3.63, 3.8) is 0 Å². The highest BCUT2D eigenvalue weighted by atomic mass is 16.7. The number of aliphatic hydroxyl groups is 2. The van der Waals surface area contributed by atoms with Gasteiger partial charge in [-0.1, -0.05) is 109 Å². The molecule has 2 bridgehead atoms. The molecule has 1 heterocycles. The van der Waals surface area contributed by atoms with Gasteiger partial charge >= 0.3 is 36.1 Å². The number of benzene rings is 1. The zero-order valence-corrected chi connectivity index (χ0v) is 48.5. The van der Waals surface area contributed by atoms with Crippen molar-refractivity contribution in [2.75, 3.05) is 13.7 Å². The van der Waals surface area contributed by atoms with Crippen molar-refractivity contribution in [1.29, 1.82) is 0 Å². The molecule has 0 spiro atoms. The van der Waals surface area contributed by atoms with Crippen molar-refractivity contribution in [2.24, 2.45) is 22.7 Å². The molecule has 79 heavy (non-hydrogen) atoms. The van der Waals surface area contributed by atoms with Gasteiger partial charge in [0.25, 0.3) is 0 Å². The maximum absolute atomic E-state index is 15.8. The fourth-order valence-corrected chi connectivity index (χ4v) is 11.8. The smallest absolute Gasteiger partial charge is 0.455 e. The molecule has 3 N–H and O–H groups in total. The van der Waals surface area contributed by atoms with E-state index in [1.165, 1.54) is 26.0 Å².